The minimum Gasteiger partial charge on any atom is -0.356 e. The van der Waals surface area contributed by atoms with Gasteiger partial charge in [0.2, 0.25) is 5.91 Å². The second kappa shape index (κ2) is 16.9. The van der Waals surface area contributed by atoms with Crippen molar-refractivity contribution < 1.29 is 9.59 Å². The number of nitrogens with one attached hydrogen (secondary N) is 2. The minimum atomic E-state index is 0.0294. The minimum absolute atomic E-state index is 0.0294. The van der Waals surface area contributed by atoms with Crippen molar-refractivity contribution in [1.29, 1.82) is 0 Å². The van der Waals surface area contributed by atoms with Gasteiger partial charge in [0.05, 0.1) is 0 Å². The number of rotatable bonds is 11. The Bertz CT molecular complexity index is 566. The smallest absolute Gasteiger partial charge is 0.251 e. The van der Waals surface area contributed by atoms with Crippen molar-refractivity contribution in [3.05, 3.63) is 35.9 Å². The predicted octanol–water partition coefficient (Wildman–Crippen LogP) is 6.12. The van der Waals surface area contributed by atoms with Gasteiger partial charge in [0, 0.05) is 24.6 Å². The second-order valence-electron chi connectivity index (χ2n) is 8.84. The van der Waals surface area contributed by atoms with Gasteiger partial charge >= 0.3 is 0 Å². The summed E-state index contributed by atoms with van der Waals surface area (Å²) in [6, 6.07) is 9.32. The van der Waals surface area contributed by atoms with E-state index in [0.29, 0.717) is 11.8 Å². The molecule has 1 aromatic rings. The average Bonchev–Trinajstić information content (AvgIpc) is 2.77. The highest BCUT2D eigenvalue weighted by Gasteiger charge is 2.20. The average molecular weight is 417 g/mol. The highest BCUT2D eigenvalue weighted by Crippen LogP contribution is 2.23. The Morgan fingerprint density at radius 1 is 0.900 bits per heavy atom. The van der Waals surface area contributed by atoms with Gasteiger partial charge in [-0.2, -0.15) is 0 Å². The maximum absolute atomic E-state index is 11.8. The first-order valence-electron chi connectivity index (χ1n) is 12.2. The van der Waals surface area contributed by atoms with Crippen LogP contribution in [0.1, 0.15) is 102 Å². The third kappa shape index (κ3) is 12.7. The summed E-state index contributed by atoms with van der Waals surface area (Å²) in [5.74, 6) is 1.44. The van der Waals surface area contributed by atoms with Crippen LogP contribution in [0.25, 0.3) is 0 Å². The van der Waals surface area contributed by atoms with E-state index in [-0.39, 0.29) is 5.91 Å². The molecule has 2 amide bonds. The molecule has 1 aliphatic carbocycles. The highest BCUT2D eigenvalue weighted by molar-refractivity contribution is 5.94. The quantitative estimate of drug-likeness (QED) is 0.427. The van der Waals surface area contributed by atoms with Gasteiger partial charge in [0.25, 0.3) is 5.91 Å². The largest absolute Gasteiger partial charge is 0.356 e. The normalized spacial score (nSPS) is 14.0. The van der Waals surface area contributed by atoms with E-state index in [0.717, 1.165) is 50.3 Å². The molecule has 0 radical (unpaired) electrons. The van der Waals surface area contributed by atoms with Gasteiger partial charge in [0.15, 0.2) is 0 Å². The molecule has 1 aromatic carbocycles. The summed E-state index contributed by atoms with van der Waals surface area (Å²) in [7, 11) is 0. The van der Waals surface area contributed by atoms with Crippen molar-refractivity contribution in [3.63, 3.8) is 0 Å². The molecule has 1 aliphatic rings. The van der Waals surface area contributed by atoms with E-state index >= 15 is 0 Å². The molecule has 4 heteroatoms. The van der Waals surface area contributed by atoms with E-state index in [1.807, 2.05) is 30.3 Å². The molecule has 30 heavy (non-hydrogen) atoms. The fourth-order valence-corrected chi connectivity index (χ4v) is 3.67. The fourth-order valence-electron chi connectivity index (χ4n) is 3.67. The van der Waals surface area contributed by atoms with Gasteiger partial charge in [0.1, 0.15) is 0 Å². The van der Waals surface area contributed by atoms with Crippen LogP contribution in [-0.2, 0) is 4.79 Å². The molecule has 0 atom stereocenters. The van der Waals surface area contributed by atoms with E-state index in [1.54, 1.807) is 0 Å². The molecule has 0 saturated heterocycles. The zero-order chi connectivity index (χ0) is 22.0. The van der Waals surface area contributed by atoms with Crippen LogP contribution in [-0.4, -0.2) is 24.9 Å². The molecule has 2 rings (SSSR count). The number of benzene rings is 1. The van der Waals surface area contributed by atoms with Crippen molar-refractivity contribution in [2.45, 2.75) is 91.4 Å². The van der Waals surface area contributed by atoms with Gasteiger partial charge in [-0.3, -0.25) is 9.59 Å². The first-order valence-corrected chi connectivity index (χ1v) is 12.2. The Morgan fingerprint density at radius 3 is 2.17 bits per heavy atom. The highest BCUT2D eigenvalue weighted by atomic mass is 16.2. The first-order chi connectivity index (χ1) is 14.5. The molecule has 2 N–H and O–H groups in total. The molecule has 1 fully saturated rings. The lowest BCUT2D eigenvalue weighted by Gasteiger charge is -2.20. The number of amides is 2. The maximum atomic E-state index is 11.8. The Balaban J connectivity index is 0.000000303. The second-order valence-corrected chi connectivity index (χ2v) is 8.84. The van der Waals surface area contributed by atoms with Crippen LogP contribution in [0.5, 0.6) is 0 Å². The maximum Gasteiger partial charge on any atom is 0.251 e. The molecule has 0 unspecified atom stereocenters. The van der Waals surface area contributed by atoms with E-state index in [4.69, 9.17) is 0 Å². The van der Waals surface area contributed by atoms with Crippen LogP contribution in [0.15, 0.2) is 30.3 Å². The molecule has 170 valence electrons. The lowest BCUT2D eigenvalue weighted by molar-refractivity contribution is -0.125. The van der Waals surface area contributed by atoms with E-state index in [1.165, 1.54) is 44.9 Å². The number of hydrogen-bond donors (Lipinski definition) is 2. The number of carbonyl (C=O) groups is 2. The van der Waals surface area contributed by atoms with Crippen LogP contribution >= 0.6 is 0 Å². The topological polar surface area (TPSA) is 58.2 Å². The van der Waals surface area contributed by atoms with Gasteiger partial charge in [-0.15, -0.1) is 0 Å². The van der Waals surface area contributed by atoms with Crippen LogP contribution in [0.4, 0.5) is 0 Å². The molecular weight excluding hydrogens is 372 g/mol. The number of hydrogen-bond acceptors (Lipinski definition) is 2. The van der Waals surface area contributed by atoms with Crippen molar-refractivity contribution >= 4 is 11.8 Å². The van der Waals surface area contributed by atoms with Crippen LogP contribution < -0.4 is 10.6 Å². The molecule has 0 bridgehead atoms. The van der Waals surface area contributed by atoms with E-state index in [9.17, 15) is 9.59 Å². The van der Waals surface area contributed by atoms with Gasteiger partial charge in [-0.1, -0.05) is 83.9 Å². The zero-order valence-electron chi connectivity index (χ0n) is 19.6. The number of carbonyl (C=O) groups excluding carboxylic acids is 2. The van der Waals surface area contributed by atoms with Crippen molar-refractivity contribution in [2.24, 2.45) is 11.8 Å². The summed E-state index contributed by atoms with van der Waals surface area (Å²) in [6.07, 6.45) is 13.1. The zero-order valence-corrected chi connectivity index (χ0v) is 19.6. The van der Waals surface area contributed by atoms with Gasteiger partial charge in [-0.05, 0) is 43.7 Å². The molecule has 0 spiro atoms. The molecular formula is C26H44N2O2. The fraction of sp³-hybridized carbons (Fsp3) is 0.692. The van der Waals surface area contributed by atoms with E-state index in [2.05, 4.69) is 31.4 Å². The summed E-state index contributed by atoms with van der Waals surface area (Å²) in [5, 5.41) is 5.98. The summed E-state index contributed by atoms with van der Waals surface area (Å²) in [4.78, 5) is 23.3. The third-order valence-electron chi connectivity index (χ3n) is 5.59. The summed E-state index contributed by atoms with van der Waals surface area (Å²) in [5.41, 5.74) is 0.740. The summed E-state index contributed by atoms with van der Waals surface area (Å²) < 4.78 is 0. The van der Waals surface area contributed by atoms with Gasteiger partial charge < -0.3 is 10.6 Å². The van der Waals surface area contributed by atoms with Crippen molar-refractivity contribution in [1.82, 2.24) is 10.6 Å². The summed E-state index contributed by atoms with van der Waals surface area (Å²) >= 11 is 0. The molecule has 0 aromatic heterocycles. The van der Waals surface area contributed by atoms with Gasteiger partial charge in [-0.25, -0.2) is 0 Å². The lowest BCUT2D eigenvalue weighted by atomic mass is 9.88. The Morgan fingerprint density at radius 2 is 1.53 bits per heavy atom. The van der Waals surface area contributed by atoms with Crippen LogP contribution in [0.2, 0.25) is 0 Å². The standard InChI is InChI=1S/C14H27NO.C12H17NO/c1-12(2)8-6-7-11-15-14(16)13-9-4-3-5-10-13;1-2-3-7-10-13-12(14)11-8-5-4-6-9-11/h12-13H,3-11H2,1-2H3,(H,15,16);4-6,8-9H,2-3,7,10H2,1H3,(H,13,14). The van der Waals surface area contributed by atoms with Crippen molar-refractivity contribution in [3.8, 4) is 0 Å². The number of unbranched alkanes of at least 4 members (excludes halogenated alkanes) is 3. The lowest BCUT2D eigenvalue weighted by Crippen LogP contribution is -2.32. The Kier molecular flexibility index (Phi) is 14.8. The predicted molar refractivity (Wildman–Crippen MR) is 127 cm³/mol. The third-order valence-corrected chi connectivity index (χ3v) is 5.59. The van der Waals surface area contributed by atoms with E-state index < -0.39 is 0 Å². The van der Waals surface area contributed by atoms with Crippen LogP contribution in [0.3, 0.4) is 0 Å². The summed E-state index contributed by atoms with van der Waals surface area (Å²) in [6.45, 7) is 8.31. The Labute approximate surface area is 184 Å². The van der Waals surface area contributed by atoms with Crippen molar-refractivity contribution in [2.75, 3.05) is 13.1 Å². The molecule has 1 saturated carbocycles. The monoisotopic (exact) mass is 416 g/mol. The first kappa shape index (κ1) is 26.2. The SMILES string of the molecule is CC(C)CCCCNC(=O)C1CCCCC1.CCCCCNC(=O)c1ccccc1. The molecule has 0 heterocycles. The molecule has 0 aliphatic heterocycles. The molecule has 4 nitrogen and oxygen atoms in total. The van der Waals surface area contributed by atoms with Crippen LogP contribution in [0, 0.1) is 11.8 Å². The Hall–Kier alpha value is -1.84.